The van der Waals surface area contributed by atoms with E-state index in [0.29, 0.717) is 5.56 Å². The highest BCUT2D eigenvalue weighted by Crippen LogP contribution is 2.22. The van der Waals surface area contributed by atoms with Gasteiger partial charge in [-0.2, -0.15) is 0 Å². The second-order valence-electron chi connectivity index (χ2n) is 3.29. The van der Waals surface area contributed by atoms with Crippen molar-refractivity contribution in [3.05, 3.63) is 29.8 Å². The Kier molecular flexibility index (Phi) is 4.13. The summed E-state index contributed by atoms with van der Waals surface area (Å²) < 4.78 is 39.4. The van der Waals surface area contributed by atoms with E-state index in [1.165, 1.54) is 12.1 Å². The highest BCUT2D eigenvalue weighted by molar-refractivity contribution is 5.83. The van der Waals surface area contributed by atoms with Crippen molar-refractivity contribution in [2.45, 2.75) is 12.9 Å². The number of carbonyl (C=O) groups is 1. The molecule has 0 fully saturated rings. The molecule has 2 amide bonds. The number of amides is 2. The molecule has 0 unspecified atom stereocenters. The number of hydrogen-bond acceptors (Lipinski definition) is 3. The zero-order valence-electron chi connectivity index (χ0n) is 9.07. The molecule has 0 spiro atoms. The third-order valence-corrected chi connectivity index (χ3v) is 1.95. The summed E-state index contributed by atoms with van der Waals surface area (Å²) in [6, 6.07) is 4.11. The summed E-state index contributed by atoms with van der Waals surface area (Å²) in [5.74, 6) is -0.355. The largest absolute Gasteiger partial charge is 0.573 e. The molecule has 0 aliphatic heterocycles. The first-order chi connectivity index (χ1) is 8.31. The Hall–Kier alpha value is -2.25. The van der Waals surface area contributed by atoms with Crippen LogP contribution in [0, 0.1) is 5.41 Å². The smallest absolute Gasteiger partial charge is 0.406 e. The van der Waals surface area contributed by atoms with E-state index in [1.54, 1.807) is 0 Å². The lowest BCUT2D eigenvalue weighted by Crippen LogP contribution is -2.33. The number of ether oxygens (including phenoxy) is 1. The van der Waals surface area contributed by atoms with Crippen LogP contribution in [0.25, 0.3) is 0 Å². The van der Waals surface area contributed by atoms with Crippen LogP contribution in [0.15, 0.2) is 24.3 Å². The van der Waals surface area contributed by atoms with Crippen molar-refractivity contribution < 1.29 is 22.7 Å². The van der Waals surface area contributed by atoms with Crippen molar-refractivity contribution in [1.82, 2.24) is 4.90 Å². The van der Waals surface area contributed by atoms with Crippen LogP contribution in [-0.2, 0) is 6.54 Å². The summed E-state index contributed by atoms with van der Waals surface area (Å²) in [5.41, 5.74) is 5.49. The topological polar surface area (TPSA) is 79.4 Å². The molecule has 0 radical (unpaired) electrons. The van der Waals surface area contributed by atoms with E-state index in [0.717, 1.165) is 23.4 Å². The lowest BCUT2D eigenvalue weighted by atomic mass is 10.2. The number of rotatable bonds is 4. The van der Waals surface area contributed by atoms with E-state index in [1.807, 2.05) is 0 Å². The molecular formula is C10H10F3N3O2. The Labute approximate surface area is 100 Å². The number of hydrogen-bond donors (Lipinski definition) is 2. The lowest BCUT2D eigenvalue weighted by molar-refractivity contribution is -0.274. The average Bonchev–Trinajstić information content (AvgIpc) is 2.25. The Morgan fingerprint density at radius 1 is 1.39 bits per heavy atom. The minimum absolute atomic E-state index is 0.00509. The molecule has 1 rings (SSSR count). The minimum Gasteiger partial charge on any atom is -0.406 e. The van der Waals surface area contributed by atoms with E-state index in [4.69, 9.17) is 11.1 Å². The number of urea groups is 1. The monoisotopic (exact) mass is 261 g/mol. The van der Waals surface area contributed by atoms with Crippen molar-refractivity contribution >= 4 is 12.4 Å². The van der Waals surface area contributed by atoms with E-state index in [2.05, 4.69) is 4.74 Å². The van der Waals surface area contributed by atoms with Gasteiger partial charge in [0.25, 0.3) is 0 Å². The van der Waals surface area contributed by atoms with Crippen LogP contribution in [0.3, 0.4) is 0 Å². The quantitative estimate of drug-likeness (QED) is 0.642. The molecule has 0 saturated carbocycles. The van der Waals surface area contributed by atoms with Crippen LogP contribution in [-0.4, -0.2) is 23.6 Å². The summed E-state index contributed by atoms with van der Waals surface area (Å²) >= 11 is 0. The van der Waals surface area contributed by atoms with Gasteiger partial charge in [0.2, 0.25) is 0 Å². The molecule has 0 aromatic heterocycles. The Morgan fingerprint density at radius 2 is 1.94 bits per heavy atom. The molecule has 0 heterocycles. The highest BCUT2D eigenvalue weighted by atomic mass is 19.4. The minimum atomic E-state index is -4.74. The fraction of sp³-hybridized carbons (Fsp3) is 0.200. The molecule has 0 bridgehead atoms. The Morgan fingerprint density at radius 3 is 2.33 bits per heavy atom. The van der Waals surface area contributed by atoms with Gasteiger partial charge in [-0.1, -0.05) is 12.1 Å². The standard InChI is InChI=1S/C10H10F3N3O2/c11-10(12,13)18-8-3-1-7(2-4-8)5-16(6-14)9(15)17/h1-4,6,14H,5H2,(H2,15,17). The zero-order chi connectivity index (χ0) is 13.8. The summed E-state index contributed by atoms with van der Waals surface area (Å²) in [5, 5.41) is 6.93. The molecule has 98 valence electrons. The molecule has 0 saturated heterocycles. The summed E-state index contributed by atoms with van der Waals surface area (Å²) in [6.07, 6.45) is -4.00. The van der Waals surface area contributed by atoms with E-state index >= 15 is 0 Å². The maximum atomic E-state index is 11.9. The first-order valence-electron chi connectivity index (χ1n) is 4.73. The molecule has 18 heavy (non-hydrogen) atoms. The average molecular weight is 261 g/mol. The highest BCUT2D eigenvalue weighted by Gasteiger charge is 2.30. The molecule has 1 aromatic rings. The van der Waals surface area contributed by atoms with Crippen molar-refractivity contribution in [1.29, 1.82) is 5.41 Å². The number of halogens is 3. The Balaban J connectivity index is 2.71. The van der Waals surface area contributed by atoms with Gasteiger partial charge in [-0.15, -0.1) is 13.2 Å². The van der Waals surface area contributed by atoms with E-state index < -0.39 is 12.4 Å². The molecule has 3 N–H and O–H groups in total. The molecule has 0 aliphatic rings. The SMILES string of the molecule is N=CN(Cc1ccc(OC(F)(F)F)cc1)C(N)=O. The molecule has 0 atom stereocenters. The van der Waals surface area contributed by atoms with Crippen molar-refractivity contribution in [2.75, 3.05) is 0 Å². The van der Waals surface area contributed by atoms with Gasteiger partial charge in [0, 0.05) is 0 Å². The summed E-state index contributed by atoms with van der Waals surface area (Å²) in [4.78, 5) is 11.7. The van der Waals surface area contributed by atoms with Crippen molar-refractivity contribution in [3.63, 3.8) is 0 Å². The van der Waals surface area contributed by atoms with Gasteiger partial charge in [-0.3, -0.25) is 10.3 Å². The van der Waals surface area contributed by atoms with Crippen LogP contribution >= 0.6 is 0 Å². The fourth-order valence-electron chi connectivity index (χ4n) is 1.18. The third-order valence-electron chi connectivity index (χ3n) is 1.95. The first kappa shape index (κ1) is 13.8. The maximum absolute atomic E-state index is 11.9. The molecular weight excluding hydrogens is 251 g/mol. The van der Waals surface area contributed by atoms with Gasteiger partial charge in [0.05, 0.1) is 12.9 Å². The summed E-state index contributed by atoms with van der Waals surface area (Å²) in [6.45, 7) is 0.00509. The number of nitrogens with two attached hydrogens (primary N) is 1. The van der Waals surface area contributed by atoms with Crippen LogP contribution in [0.4, 0.5) is 18.0 Å². The maximum Gasteiger partial charge on any atom is 0.573 e. The Bertz CT molecular complexity index is 431. The van der Waals surface area contributed by atoms with Crippen LogP contribution in [0.2, 0.25) is 0 Å². The second kappa shape index (κ2) is 5.39. The van der Waals surface area contributed by atoms with Gasteiger partial charge >= 0.3 is 12.4 Å². The first-order valence-corrected chi connectivity index (χ1v) is 4.73. The van der Waals surface area contributed by atoms with E-state index in [9.17, 15) is 18.0 Å². The molecule has 1 aromatic carbocycles. The number of carbonyl (C=O) groups excluding carboxylic acids is 1. The van der Waals surface area contributed by atoms with Crippen LogP contribution in [0.5, 0.6) is 5.75 Å². The van der Waals surface area contributed by atoms with Crippen LogP contribution < -0.4 is 10.5 Å². The third kappa shape index (κ3) is 4.32. The number of nitrogens with zero attached hydrogens (tertiary/aromatic N) is 1. The van der Waals surface area contributed by atoms with Gasteiger partial charge in [0.15, 0.2) is 0 Å². The second-order valence-corrected chi connectivity index (χ2v) is 3.29. The van der Waals surface area contributed by atoms with Gasteiger partial charge in [-0.25, -0.2) is 4.79 Å². The summed E-state index contributed by atoms with van der Waals surface area (Å²) in [7, 11) is 0. The van der Waals surface area contributed by atoms with Gasteiger partial charge in [-0.05, 0) is 17.7 Å². The molecule has 8 heteroatoms. The number of primary amides is 1. The van der Waals surface area contributed by atoms with Crippen molar-refractivity contribution in [2.24, 2.45) is 5.73 Å². The fourth-order valence-corrected chi connectivity index (χ4v) is 1.18. The normalized spacial score (nSPS) is 10.8. The lowest BCUT2D eigenvalue weighted by Gasteiger charge is -2.14. The predicted octanol–water partition coefficient (Wildman–Crippen LogP) is 2.07. The van der Waals surface area contributed by atoms with Gasteiger partial charge < -0.3 is 10.5 Å². The zero-order valence-corrected chi connectivity index (χ0v) is 9.07. The molecule has 0 aliphatic carbocycles. The van der Waals surface area contributed by atoms with Crippen LogP contribution in [0.1, 0.15) is 5.56 Å². The van der Waals surface area contributed by atoms with Crippen molar-refractivity contribution in [3.8, 4) is 5.75 Å². The number of benzene rings is 1. The number of alkyl halides is 3. The van der Waals surface area contributed by atoms with Gasteiger partial charge in [0.1, 0.15) is 5.75 Å². The predicted molar refractivity (Wildman–Crippen MR) is 57.0 cm³/mol. The van der Waals surface area contributed by atoms with E-state index in [-0.39, 0.29) is 12.3 Å². The number of nitrogens with one attached hydrogen (secondary N) is 1. The molecule has 5 nitrogen and oxygen atoms in total.